The fraction of sp³-hybridized carbons (Fsp3) is 0.929. The molecule has 0 aliphatic rings. The molecule has 0 saturated heterocycles. The first kappa shape index (κ1) is 17.8. The van der Waals surface area contributed by atoms with E-state index < -0.39 is 6.17 Å². The zero-order chi connectivity index (χ0) is 14.0. The zero-order valence-corrected chi connectivity index (χ0v) is 12.9. The van der Waals surface area contributed by atoms with Gasteiger partial charge in [-0.05, 0) is 44.3 Å². The first-order valence-corrected chi connectivity index (χ1v) is 7.96. The van der Waals surface area contributed by atoms with Crippen LogP contribution in [0.15, 0.2) is 0 Å². The number of unbranched alkanes of at least 4 members (excludes halogenated alkanes) is 1. The van der Waals surface area contributed by atoms with E-state index in [9.17, 15) is 9.18 Å². The smallest absolute Gasteiger partial charge is 0.319 e. The predicted molar refractivity (Wildman–Crippen MR) is 76.8 cm³/mol. The third kappa shape index (κ3) is 8.78. The van der Waals surface area contributed by atoms with Crippen molar-refractivity contribution in [3.63, 3.8) is 0 Å². The highest BCUT2D eigenvalue weighted by atomic mass is 32.2. The van der Waals surface area contributed by atoms with E-state index in [2.05, 4.69) is 0 Å². The van der Waals surface area contributed by atoms with Crippen molar-refractivity contribution in [2.45, 2.75) is 64.8 Å². The number of carbonyl (C=O) groups is 1. The number of rotatable bonds is 10. The molecule has 0 aliphatic heterocycles. The second-order valence-corrected chi connectivity index (χ2v) is 6.23. The van der Waals surface area contributed by atoms with E-state index in [4.69, 9.17) is 4.74 Å². The molecule has 2 nitrogen and oxygen atoms in total. The lowest BCUT2D eigenvalue weighted by Gasteiger charge is -2.18. The number of thioether (sulfide) groups is 1. The maximum atomic E-state index is 12.6. The average Bonchev–Trinajstić information content (AvgIpc) is 2.29. The molecular formula is C14H27FO2S. The number of carbonyl (C=O) groups excluding carboxylic acids is 1. The van der Waals surface area contributed by atoms with Crippen molar-refractivity contribution >= 4 is 17.7 Å². The Kier molecular flexibility index (Phi) is 10.5. The summed E-state index contributed by atoms with van der Waals surface area (Å²) in [6.45, 7) is 8.15. The Labute approximate surface area is 115 Å². The third-order valence-electron chi connectivity index (χ3n) is 2.58. The van der Waals surface area contributed by atoms with E-state index >= 15 is 0 Å². The summed E-state index contributed by atoms with van der Waals surface area (Å²) in [5.41, 5.74) is 0. The van der Waals surface area contributed by atoms with Crippen molar-refractivity contribution in [2.24, 2.45) is 5.92 Å². The lowest BCUT2D eigenvalue weighted by molar-refractivity contribution is -0.143. The second kappa shape index (κ2) is 10.7. The summed E-state index contributed by atoms with van der Waals surface area (Å²) in [5, 5.41) is -0.0839. The lowest BCUT2D eigenvalue weighted by Crippen LogP contribution is -2.26. The van der Waals surface area contributed by atoms with Crippen LogP contribution in [-0.2, 0) is 9.53 Å². The quantitative estimate of drug-likeness (QED) is 0.442. The van der Waals surface area contributed by atoms with Gasteiger partial charge in [0.15, 0.2) is 0 Å². The Hall–Kier alpha value is -0.250. The zero-order valence-electron chi connectivity index (χ0n) is 12.1. The molecule has 0 radical (unpaired) electrons. The topological polar surface area (TPSA) is 26.3 Å². The van der Waals surface area contributed by atoms with Crippen molar-refractivity contribution in [1.29, 1.82) is 0 Å². The molecule has 0 aromatic heterocycles. The fourth-order valence-electron chi connectivity index (χ4n) is 1.56. The molecule has 18 heavy (non-hydrogen) atoms. The van der Waals surface area contributed by atoms with Crippen molar-refractivity contribution < 1.29 is 13.9 Å². The van der Waals surface area contributed by atoms with E-state index in [0.717, 1.165) is 25.0 Å². The van der Waals surface area contributed by atoms with Gasteiger partial charge in [0.1, 0.15) is 5.25 Å². The lowest BCUT2D eigenvalue weighted by atomic mass is 10.1. The molecule has 0 aliphatic carbocycles. The van der Waals surface area contributed by atoms with Crippen molar-refractivity contribution in [3.8, 4) is 0 Å². The summed E-state index contributed by atoms with van der Waals surface area (Å²) in [6.07, 6.45) is 2.61. The van der Waals surface area contributed by atoms with Gasteiger partial charge in [0, 0.05) is 0 Å². The standard InChI is InChI=1S/C14H27FO2S/c1-5-9-17-14(16)13(11(2)3)18-10-7-6-8-12(4)15/h11-13H,5-10H2,1-4H3. The van der Waals surface area contributed by atoms with Gasteiger partial charge in [-0.15, -0.1) is 11.8 Å². The third-order valence-corrected chi connectivity index (χ3v) is 4.20. The van der Waals surface area contributed by atoms with E-state index in [0.29, 0.717) is 13.0 Å². The first-order chi connectivity index (χ1) is 8.49. The molecular weight excluding hydrogens is 251 g/mol. The highest BCUT2D eigenvalue weighted by Gasteiger charge is 2.23. The minimum absolute atomic E-state index is 0.0839. The Morgan fingerprint density at radius 3 is 2.44 bits per heavy atom. The van der Waals surface area contributed by atoms with Crippen LogP contribution in [-0.4, -0.2) is 29.8 Å². The van der Waals surface area contributed by atoms with Gasteiger partial charge in [-0.3, -0.25) is 4.79 Å². The fourth-order valence-corrected chi connectivity index (χ4v) is 2.77. The van der Waals surface area contributed by atoms with E-state index in [1.165, 1.54) is 0 Å². The van der Waals surface area contributed by atoms with Crippen LogP contribution < -0.4 is 0 Å². The van der Waals surface area contributed by atoms with Gasteiger partial charge >= 0.3 is 5.97 Å². The van der Waals surface area contributed by atoms with Gasteiger partial charge < -0.3 is 4.74 Å². The molecule has 0 saturated carbocycles. The Morgan fingerprint density at radius 2 is 1.94 bits per heavy atom. The summed E-state index contributed by atoms with van der Waals surface area (Å²) in [6, 6.07) is 0. The number of hydrogen-bond donors (Lipinski definition) is 0. The van der Waals surface area contributed by atoms with Crippen molar-refractivity contribution in [2.75, 3.05) is 12.4 Å². The predicted octanol–water partition coefficient (Wildman–Crippen LogP) is 4.23. The molecule has 2 atom stereocenters. The summed E-state index contributed by atoms with van der Waals surface area (Å²) < 4.78 is 17.8. The molecule has 0 amide bonds. The molecule has 0 heterocycles. The number of esters is 1. The largest absolute Gasteiger partial charge is 0.465 e. The van der Waals surface area contributed by atoms with Crippen LogP contribution in [0.1, 0.15) is 53.4 Å². The van der Waals surface area contributed by atoms with E-state index in [1.54, 1.807) is 18.7 Å². The number of halogens is 1. The molecule has 0 N–H and O–H groups in total. The summed E-state index contributed by atoms with van der Waals surface area (Å²) in [7, 11) is 0. The van der Waals surface area contributed by atoms with Crippen LogP contribution in [0.5, 0.6) is 0 Å². The van der Waals surface area contributed by atoms with Crippen LogP contribution in [0.4, 0.5) is 4.39 Å². The van der Waals surface area contributed by atoms with Gasteiger partial charge in [-0.25, -0.2) is 4.39 Å². The van der Waals surface area contributed by atoms with Crippen LogP contribution in [0.3, 0.4) is 0 Å². The van der Waals surface area contributed by atoms with Gasteiger partial charge in [0.05, 0.1) is 12.8 Å². The highest BCUT2D eigenvalue weighted by molar-refractivity contribution is 8.00. The Morgan fingerprint density at radius 1 is 1.28 bits per heavy atom. The molecule has 0 rings (SSSR count). The molecule has 4 heteroatoms. The SMILES string of the molecule is CCCOC(=O)C(SCCCCC(C)F)C(C)C. The molecule has 108 valence electrons. The highest BCUT2D eigenvalue weighted by Crippen LogP contribution is 2.22. The maximum absolute atomic E-state index is 12.6. The van der Waals surface area contributed by atoms with Crippen LogP contribution >= 0.6 is 11.8 Å². The Balaban J connectivity index is 3.86. The second-order valence-electron chi connectivity index (χ2n) is 4.98. The minimum Gasteiger partial charge on any atom is -0.465 e. The molecule has 0 bridgehead atoms. The van der Waals surface area contributed by atoms with Crippen molar-refractivity contribution in [3.05, 3.63) is 0 Å². The van der Waals surface area contributed by atoms with Gasteiger partial charge in [0.2, 0.25) is 0 Å². The molecule has 0 aromatic carbocycles. The van der Waals surface area contributed by atoms with Crippen molar-refractivity contribution in [1.82, 2.24) is 0 Å². The summed E-state index contributed by atoms with van der Waals surface area (Å²) in [4.78, 5) is 11.8. The normalized spacial score (nSPS) is 14.6. The summed E-state index contributed by atoms with van der Waals surface area (Å²) in [5.74, 6) is 1.08. The molecule has 0 aromatic rings. The van der Waals surface area contributed by atoms with Gasteiger partial charge in [-0.1, -0.05) is 20.8 Å². The molecule has 0 spiro atoms. The molecule has 2 unspecified atom stereocenters. The van der Waals surface area contributed by atoms with Gasteiger partial charge in [-0.2, -0.15) is 0 Å². The Bertz CT molecular complexity index is 220. The van der Waals surface area contributed by atoms with Crippen LogP contribution in [0.2, 0.25) is 0 Å². The van der Waals surface area contributed by atoms with Gasteiger partial charge in [0.25, 0.3) is 0 Å². The van der Waals surface area contributed by atoms with E-state index in [1.807, 2.05) is 20.8 Å². The monoisotopic (exact) mass is 278 g/mol. The average molecular weight is 278 g/mol. The molecule has 0 fully saturated rings. The van der Waals surface area contributed by atoms with E-state index in [-0.39, 0.29) is 17.1 Å². The first-order valence-electron chi connectivity index (χ1n) is 6.91. The van der Waals surface area contributed by atoms with Crippen LogP contribution in [0.25, 0.3) is 0 Å². The van der Waals surface area contributed by atoms with Crippen LogP contribution in [0, 0.1) is 5.92 Å². The maximum Gasteiger partial charge on any atom is 0.319 e. The summed E-state index contributed by atoms with van der Waals surface area (Å²) >= 11 is 1.64. The number of alkyl halides is 1. The number of ether oxygens (including phenoxy) is 1. The number of hydrogen-bond acceptors (Lipinski definition) is 3. The minimum atomic E-state index is -0.717.